The van der Waals surface area contributed by atoms with Crippen molar-refractivity contribution in [1.82, 2.24) is 4.90 Å². The zero-order valence-electron chi connectivity index (χ0n) is 13.9. The molecule has 1 saturated carbocycles. The fourth-order valence-electron chi connectivity index (χ4n) is 3.87. The normalized spacial score (nSPS) is 28.4. The standard InChI is InChI=1S/C19H27NO3/c1-22-18-13-7-8-14-20(18)19(21)23-17-12-6-5-11-16(17)15-9-3-2-4-10-15/h2-4,9-10,16-18H,5-8,11-14H2,1H3/t16-,17+,18?/m0/s1. The molecule has 0 aromatic heterocycles. The summed E-state index contributed by atoms with van der Waals surface area (Å²) < 4.78 is 11.4. The Kier molecular flexibility index (Phi) is 5.55. The van der Waals surface area contributed by atoms with E-state index in [0.29, 0.717) is 5.92 Å². The molecule has 4 nitrogen and oxygen atoms in total. The first-order valence-electron chi connectivity index (χ1n) is 8.84. The van der Waals surface area contributed by atoms with Crippen LogP contribution in [0.25, 0.3) is 0 Å². The van der Waals surface area contributed by atoms with E-state index in [1.807, 2.05) is 6.07 Å². The zero-order valence-corrected chi connectivity index (χ0v) is 13.9. The summed E-state index contributed by atoms with van der Waals surface area (Å²) in [5, 5.41) is 0. The second kappa shape index (κ2) is 7.82. The summed E-state index contributed by atoms with van der Waals surface area (Å²) in [6.07, 6.45) is 7.08. The van der Waals surface area contributed by atoms with Gasteiger partial charge in [-0.1, -0.05) is 36.8 Å². The van der Waals surface area contributed by atoms with Gasteiger partial charge in [-0.05, 0) is 44.1 Å². The summed E-state index contributed by atoms with van der Waals surface area (Å²) in [5.41, 5.74) is 1.28. The Labute approximate surface area is 138 Å². The van der Waals surface area contributed by atoms with Crippen LogP contribution in [0.3, 0.4) is 0 Å². The van der Waals surface area contributed by atoms with Crippen molar-refractivity contribution in [3.63, 3.8) is 0 Å². The molecule has 0 N–H and O–H groups in total. The van der Waals surface area contributed by atoms with Crippen LogP contribution in [0.2, 0.25) is 0 Å². The third-order valence-electron chi connectivity index (χ3n) is 5.14. The summed E-state index contributed by atoms with van der Waals surface area (Å²) in [7, 11) is 1.67. The molecule has 1 aliphatic heterocycles. The average molecular weight is 317 g/mol. The predicted molar refractivity (Wildman–Crippen MR) is 89.3 cm³/mol. The maximum Gasteiger partial charge on any atom is 0.412 e. The lowest BCUT2D eigenvalue weighted by Crippen LogP contribution is -2.46. The lowest BCUT2D eigenvalue weighted by Gasteiger charge is -2.37. The van der Waals surface area contributed by atoms with Gasteiger partial charge in [0.15, 0.2) is 0 Å². The van der Waals surface area contributed by atoms with Crippen LogP contribution in [0.15, 0.2) is 30.3 Å². The number of methoxy groups -OCH3 is 1. The van der Waals surface area contributed by atoms with Crippen LogP contribution < -0.4 is 0 Å². The van der Waals surface area contributed by atoms with E-state index in [2.05, 4.69) is 24.3 Å². The van der Waals surface area contributed by atoms with E-state index >= 15 is 0 Å². The minimum absolute atomic E-state index is 0.0157. The average Bonchev–Trinajstić information content (AvgIpc) is 2.63. The topological polar surface area (TPSA) is 38.8 Å². The Balaban J connectivity index is 1.68. The number of carbonyl (C=O) groups is 1. The van der Waals surface area contributed by atoms with Crippen molar-refractivity contribution in [1.29, 1.82) is 0 Å². The van der Waals surface area contributed by atoms with Gasteiger partial charge in [-0.2, -0.15) is 0 Å². The number of likely N-dealkylation sites (tertiary alicyclic amines) is 1. The van der Waals surface area contributed by atoms with Crippen molar-refractivity contribution in [3.8, 4) is 0 Å². The quantitative estimate of drug-likeness (QED) is 0.834. The first-order chi connectivity index (χ1) is 11.3. The van der Waals surface area contributed by atoms with E-state index in [0.717, 1.165) is 45.1 Å². The number of carbonyl (C=O) groups excluding carboxylic acids is 1. The highest BCUT2D eigenvalue weighted by Gasteiger charge is 2.33. The highest BCUT2D eigenvalue weighted by molar-refractivity contribution is 5.68. The molecule has 2 aliphatic rings. The van der Waals surface area contributed by atoms with Crippen LogP contribution in [0, 0.1) is 0 Å². The molecular formula is C19H27NO3. The van der Waals surface area contributed by atoms with Crippen molar-refractivity contribution >= 4 is 6.09 Å². The maximum atomic E-state index is 12.6. The Morgan fingerprint density at radius 2 is 1.78 bits per heavy atom. The molecule has 1 amide bonds. The van der Waals surface area contributed by atoms with Crippen molar-refractivity contribution in [2.75, 3.05) is 13.7 Å². The first kappa shape index (κ1) is 16.3. The molecule has 0 radical (unpaired) electrons. The summed E-state index contributed by atoms with van der Waals surface area (Å²) in [4.78, 5) is 14.4. The van der Waals surface area contributed by atoms with Gasteiger partial charge in [0.1, 0.15) is 12.3 Å². The van der Waals surface area contributed by atoms with Gasteiger partial charge in [0.25, 0.3) is 0 Å². The molecule has 23 heavy (non-hydrogen) atoms. The molecule has 1 aromatic carbocycles. The summed E-state index contributed by atoms with van der Waals surface area (Å²) >= 11 is 0. The van der Waals surface area contributed by atoms with Crippen LogP contribution in [0.1, 0.15) is 56.4 Å². The molecule has 1 aromatic rings. The number of rotatable bonds is 3. The van der Waals surface area contributed by atoms with E-state index in [4.69, 9.17) is 9.47 Å². The Morgan fingerprint density at radius 3 is 2.57 bits per heavy atom. The number of nitrogens with zero attached hydrogens (tertiary/aromatic N) is 1. The van der Waals surface area contributed by atoms with E-state index in [-0.39, 0.29) is 18.4 Å². The van der Waals surface area contributed by atoms with Crippen LogP contribution in [0.4, 0.5) is 4.79 Å². The third-order valence-corrected chi connectivity index (χ3v) is 5.14. The molecule has 1 unspecified atom stereocenters. The zero-order chi connectivity index (χ0) is 16.1. The molecule has 126 valence electrons. The SMILES string of the molecule is COC1CCCCN1C(=O)O[C@@H]1CCCC[C@H]1c1ccccc1. The van der Waals surface area contributed by atoms with Gasteiger partial charge >= 0.3 is 6.09 Å². The largest absolute Gasteiger partial charge is 0.445 e. The molecule has 0 bridgehead atoms. The summed E-state index contributed by atoms with van der Waals surface area (Å²) in [6, 6.07) is 10.5. The van der Waals surface area contributed by atoms with Gasteiger partial charge in [-0.15, -0.1) is 0 Å². The monoisotopic (exact) mass is 317 g/mol. The smallest absolute Gasteiger partial charge is 0.412 e. The molecule has 2 fully saturated rings. The Hall–Kier alpha value is -1.55. The van der Waals surface area contributed by atoms with Gasteiger partial charge in [0, 0.05) is 19.6 Å². The lowest BCUT2D eigenvalue weighted by molar-refractivity contribution is -0.0608. The molecule has 3 rings (SSSR count). The highest BCUT2D eigenvalue weighted by atomic mass is 16.6. The van der Waals surface area contributed by atoms with Crippen LogP contribution in [-0.2, 0) is 9.47 Å². The minimum Gasteiger partial charge on any atom is -0.445 e. The molecule has 0 spiro atoms. The highest BCUT2D eigenvalue weighted by Crippen LogP contribution is 2.35. The van der Waals surface area contributed by atoms with Crippen molar-refractivity contribution < 1.29 is 14.3 Å². The fourth-order valence-corrected chi connectivity index (χ4v) is 3.87. The van der Waals surface area contributed by atoms with E-state index in [9.17, 15) is 4.79 Å². The Bertz CT molecular complexity index is 505. The number of hydrogen-bond acceptors (Lipinski definition) is 3. The third kappa shape index (κ3) is 3.86. The lowest BCUT2D eigenvalue weighted by atomic mass is 9.81. The van der Waals surface area contributed by atoms with Gasteiger partial charge in [-0.25, -0.2) is 4.79 Å². The predicted octanol–water partition coefficient (Wildman–Crippen LogP) is 4.31. The second-order valence-corrected chi connectivity index (χ2v) is 6.60. The van der Waals surface area contributed by atoms with Crippen LogP contribution in [-0.4, -0.2) is 37.0 Å². The van der Waals surface area contributed by atoms with Gasteiger partial charge in [0.2, 0.25) is 0 Å². The summed E-state index contributed by atoms with van der Waals surface area (Å²) in [6.45, 7) is 0.736. The van der Waals surface area contributed by atoms with Gasteiger partial charge < -0.3 is 9.47 Å². The summed E-state index contributed by atoms with van der Waals surface area (Å²) in [5.74, 6) is 0.319. The molecule has 4 heteroatoms. The van der Waals surface area contributed by atoms with Crippen LogP contribution in [0.5, 0.6) is 0 Å². The van der Waals surface area contributed by atoms with Gasteiger partial charge in [0.05, 0.1) is 0 Å². The number of hydrogen-bond donors (Lipinski definition) is 0. The van der Waals surface area contributed by atoms with Crippen LogP contribution >= 0.6 is 0 Å². The number of ether oxygens (including phenoxy) is 2. The Morgan fingerprint density at radius 1 is 1.04 bits per heavy atom. The van der Waals surface area contributed by atoms with Crippen molar-refractivity contribution in [2.45, 2.75) is 63.2 Å². The van der Waals surface area contributed by atoms with Gasteiger partial charge in [-0.3, -0.25) is 4.90 Å². The minimum atomic E-state index is -0.204. The van der Waals surface area contributed by atoms with Crippen molar-refractivity contribution in [3.05, 3.63) is 35.9 Å². The molecule has 1 saturated heterocycles. The first-order valence-corrected chi connectivity index (χ1v) is 8.84. The van der Waals surface area contributed by atoms with E-state index < -0.39 is 0 Å². The number of amides is 1. The fraction of sp³-hybridized carbons (Fsp3) is 0.632. The van der Waals surface area contributed by atoms with E-state index in [1.165, 1.54) is 12.0 Å². The van der Waals surface area contributed by atoms with Crippen molar-refractivity contribution in [2.24, 2.45) is 0 Å². The maximum absolute atomic E-state index is 12.6. The molecule has 1 heterocycles. The molecule has 3 atom stereocenters. The molecule has 1 aliphatic carbocycles. The number of piperidine rings is 1. The number of benzene rings is 1. The van der Waals surface area contributed by atoms with E-state index in [1.54, 1.807) is 12.0 Å². The second-order valence-electron chi connectivity index (χ2n) is 6.60. The molecular weight excluding hydrogens is 290 g/mol.